The van der Waals surface area contributed by atoms with Crippen molar-refractivity contribution >= 4 is 10.1 Å². The van der Waals surface area contributed by atoms with Crippen molar-refractivity contribution in [2.75, 3.05) is 6.61 Å². The number of alkyl halides is 3. The molecule has 0 saturated carbocycles. The van der Waals surface area contributed by atoms with Crippen molar-refractivity contribution in [1.29, 1.82) is 0 Å². The minimum Gasteiger partial charge on any atom is -1.00 e. The molecule has 0 aliphatic heterocycles. The van der Waals surface area contributed by atoms with Crippen LogP contribution in [0.4, 0.5) is 13.2 Å². The molecule has 0 N–H and O–H groups in total. The Morgan fingerprint density at radius 1 is 1.45 bits per heavy atom. The topological polar surface area (TPSA) is 43.4 Å². The van der Waals surface area contributed by atoms with E-state index in [0.717, 1.165) is 6.92 Å². The van der Waals surface area contributed by atoms with Crippen LogP contribution in [0.5, 0.6) is 0 Å². The first-order valence-electron chi connectivity index (χ1n) is 2.27. The zero-order chi connectivity index (χ0) is 8.41. The van der Waals surface area contributed by atoms with Crippen LogP contribution in [0.25, 0.3) is 0 Å². The van der Waals surface area contributed by atoms with Gasteiger partial charge in [0.05, 0.1) is 6.61 Å². The van der Waals surface area contributed by atoms with Crippen LogP contribution < -0.4 is 18.9 Å². The first kappa shape index (κ1) is 13.9. The molecule has 0 aromatic carbocycles. The van der Waals surface area contributed by atoms with Gasteiger partial charge in [-0.3, -0.25) is 4.18 Å². The van der Waals surface area contributed by atoms with E-state index in [1.165, 1.54) is 0 Å². The quantitative estimate of drug-likeness (QED) is 0.284. The number of halogens is 3. The maximum atomic E-state index is 11.3. The molecule has 0 unspecified atom stereocenters. The molecule has 0 aromatic heterocycles. The van der Waals surface area contributed by atoms with Gasteiger partial charge in [0.2, 0.25) is 0 Å². The van der Waals surface area contributed by atoms with E-state index in [4.69, 9.17) is 0 Å². The van der Waals surface area contributed by atoms with Gasteiger partial charge in [0.1, 0.15) is 0 Å². The summed E-state index contributed by atoms with van der Waals surface area (Å²) in [6, 6.07) is 0. The van der Waals surface area contributed by atoms with Gasteiger partial charge in [0, 0.05) is 0 Å². The maximum Gasteiger partial charge on any atom is 1.00 e. The second kappa shape index (κ2) is 4.35. The van der Waals surface area contributed by atoms with Gasteiger partial charge in [0.15, 0.2) is 0 Å². The predicted molar refractivity (Wildman–Crippen MR) is 27.7 cm³/mol. The van der Waals surface area contributed by atoms with Crippen molar-refractivity contribution in [1.82, 2.24) is 0 Å². The predicted octanol–water partition coefficient (Wildman–Crippen LogP) is -2.01. The molecule has 8 heteroatoms. The molecule has 0 bridgehead atoms. The third kappa shape index (κ3) is 4.01. The minimum atomic E-state index is -5.35. The monoisotopic (exact) mass is 186 g/mol. The van der Waals surface area contributed by atoms with Crippen molar-refractivity contribution in [2.45, 2.75) is 12.4 Å². The van der Waals surface area contributed by atoms with Crippen molar-refractivity contribution < 1.29 is 46.1 Å². The van der Waals surface area contributed by atoms with Crippen LogP contribution in [-0.2, 0) is 14.3 Å². The molecule has 0 aliphatic rings. The molecule has 3 nitrogen and oxygen atoms in total. The summed E-state index contributed by atoms with van der Waals surface area (Å²) in [5.74, 6) is 0. The fourth-order valence-corrected chi connectivity index (χ4v) is 0.666. The molecule has 0 atom stereocenters. The molecule has 0 aliphatic carbocycles. The third-order valence-electron chi connectivity index (χ3n) is 0.556. The first-order chi connectivity index (χ1) is 4.31. The van der Waals surface area contributed by atoms with Crippen molar-refractivity contribution in [2.24, 2.45) is 0 Å². The molecule has 0 saturated heterocycles. The Kier molecular flexibility index (Phi) is 5.49. The molecule has 0 amide bonds. The fraction of sp³-hybridized carbons (Fsp3) is 1.00. The van der Waals surface area contributed by atoms with Crippen LogP contribution in [0, 0.1) is 0 Å². The van der Waals surface area contributed by atoms with E-state index in [2.05, 4.69) is 4.18 Å². The van der Waals surface area contributed by atoms with Gasteiger partial charge in [-0.2, -0.15) is 21.6 Å². The molecule has 11 heavy (non-hydrogen) atoms. The van der Waals surface area contributed by atoms with Gasteiger partial charge in [0.25, 0.3) is 0 Å². The van der Waals surface area contributed by atoms with E-state index in [1.54, 1.807) is 0 Å². The van der Waals surface area contributed by atoms with Crippen LogP contribution >= 0.6 is 0 Å². The third-order valence-corrected chi connectivity index (χ3v) is 1.67. The average molecular weight is 186 g/mol. The summed E-state index contributed by atoms with van der Waals surface area (Å²) in [6.45, 7) is 0.644. The Hall–Kier alpha value is 0.297. The second-order valence-corrected chi connectivity index (χ2v) is 2.91. The smallest absolute Gasteiger partial charge is 1.00 e. The Balaban J connectivity index is -0.000000405. The normalized spacial score (nSPS) is 12.4. The molecule has 0 radical (unpaired) electrons. The summed E-state index contributed by atoms with van der Waals surface area (Å²) < 4.78 is 57.2. The maximum absolute atomic E-state index is 11.3. The zero-order valence-corrected chi connectivity index (χ0v) is 6.79. The van der Waals surface area contributed by atoms with E-state index in [9.17, 15) is 21.6 Å². The molecule has 0 fully saturated rings. The van der Waals surface area contributed by atoms with Gasteiger partial charge in [-0.15, -0.1) is 0 Å². The number of hydrogen-bond acceptors (Lipinski definition) is 3. The van der Waals surface area contributed by atoms with E-state index in [1.807, 2.05) is 0 Å². The summed E-state index contributed by atoms with van der Waals surface area (Å²) >= 11 is 0. The fourth-order valence-electron chi connectivity index (χ4n) is 0.222. The molecule has 0 rings (SSSR count). The van der Waals surface area contributed by atoms with Crippen LogP contribution in [0.15, 0.2) is 0 Å². The van der Waals surface area contributed by atoms with Gasteiger partial charge < -0.3 is 1.43 Å². The molecular weight excluding hydrogens is 180 g/mol. The summed E-state index contributed by atoms with van der Waals surface area (Å²) in [5, 5.41) is 0. The Morgan fingerprint density at radius 3 is 1.91 bits per heavy atom. The summed E-state index contributed by atoms with van der Waals surface area (Å²) in [6.07, 6.45) is 0. The molecule has 0 spiro atoms. The number of hydrogen-bond donors (Lipinski definition) is 0. The molecule has 64 valence electrons. The van der Waals surface area contributed by atoms with Gasteiger partial charge in [-0.1, -0.05) is 0 Å². The van der Waals surface area contributed by atoms with Crippen LogP contribution in [-0.4, -0.2) is 20.5 Å². The second-order valence-electron chi connectivity index (χ2n) is 1.31. The summed E-state index contributed by atoms with van der Waals surface area (Å²) in [4.78, 5) is 0. The SMILES string of the molecule is CCOS(=O)(=O)C(F)(F)F.[H-].[Li+]. The van der Waals surface area contributed by atoms with Crippen LogP contribution in [0.1, 0.15) is 8.35 Å². The van der Waals surface area contributed by atoms with Gasteiger partial charge in [-0.25, -0.2) is 0 Å². The molecular formula is C3H6F3LiO3S. The first-order valence-corrected chi connectivity index (χ1v) is 3.68. The van der Waals surface area contributed by atoms with E-state index >= 15 is 0 Å². The van der Waals surface area contributed by atoms with E-state index in [-0.39, 0.29) is 20.3 Å². The van der Waals surface area contributed by atoms with Gasteiger partial charge >= 0.3 is 34.5 Å². The van der Waals surface area contributed by atoms with E-state index in [0.29, 0.717) is 0 Å². The molecule has 0 aromatic rings. The van der Waals surface area contributed by atoms with Crippen molar-refractivity contribution in [3.8, 4) is 0 Å². The Morgan fingerprint density at radius 2 is 1.82 bits per heavy atom. The Bertz CT molecular complexity index is 201. The zero-order valence-electron chi connectivity index (χ0n) is 6.97. The largest absolute Gasteiger partial charge is 1.00 e. The minimum absolute atomic E-state index is 0. The van der Waals surface area contributed by atoms with Crippen molar-refractivity contribution in [3.63, 3.8) is 0 Å². The standard InChI is InChI=1S/C3H5F3O3S.Li.H/c1-2-9-10(7,8)3(4,5)6;;/h2H2,1H3;;/q;+1;-1. The van der Waals surface area contributed by atoms with Crippen LogP contribution in [0.2, 0.25) is 0 Å². The van der Waals surface area contributed by atoms with Crippen LogP contribution in [0.3, 0.4) is 0 Å². The van der Waals surface area contributed by atoms with E-state index < -0.39 is 22.2 Å². The average Bonchev–Trinajstić information content (AvgIpc) is 1.61. The Labute approximate surface area is 75.7 Å². The molecule has 0 heterocycles. The summed E-state index contributed by atoms with van der Waals surface area (Å²) in [5.41, 5.74) is -5.30. The van der Waals surface area contributed by atoms with Gasteiger partial charge in [-0.05, 0) is 6.92 Å². The van der Waals surface area contributed by atoms with Crippen molar-refractivity contribution in [3.05, 3.63) is 0 Å². The summed E-state index contributed by atoms with van der Waals surface area (Å²) in [7, 11) is -5.35. The number of rotatable bonds is 2.